The molecule has 3 aromatic rings. The molecule has 3 saturated carbocycles. The van der Waals surface area contributed by atoms with Crippen LogP contribution in [0.1, 0.15) is 47.8 Å². The molecule has 0 radical (unpaired) electrons. The number of aromatic nitrogens is 3. The number of benzene rings is 1. The van der Waals surface area contributed by atoms with Crippen molar-refractivity contribution < 1.29 is 40.7 Å². The molecule has 0 aliphatic heterocycles. The molecular formula is C25H20F6N6O3. The van der Waals surface area contributed by atoms with E-state index in [1.165, 1.54) is 29.8 Å². The summed E-state index contributed by atoms with van der Waals surface area (Å²) in [5.74, 6) is -3.73. The highest BCUT2D eigenvalue weighted by atomic mass is 19.4. The molecule has 6 rings (SSSR count). The molecule has 40 heavy (non-hydrogen) atoms. The van der Waals surface area contributed by atoms with Crippen LogP contribution in [0.4, 0.5) is 32.2 Å². The van der Waals surface area contributed by atoms with Crippen molar-refractivity contribution in [1.29, 1.82) is 5.26 Å². The number of esters is 1. The SMILES string of the molecule is Cc1ccc(C(C)(OC(=O)C(F)(F)F)C(F)(F)F)cc1-c1cnc2c(N)nc(C(=O)NC34CC(C#N)(C3)C4)cn12. The van der Waals surface area contributed by atoms with Gasteiger partial charge in [-0.15, -0.1) is 0 Å². The van der Waals surface area contributed by atoms with Gasteiger partial charge in [0, 0.05) is 22.9 Å². The third kappa shape index (κ3) is 4.09. The number of aryl methyl sites for hydroxylation is 1. The molecule has 1 unspecified atom stereocenters. The summed E-state index contributed by atoms with van der Waals surface area (Å²) in [5, 5.41) is 12.1. The third-order valence-corrected chi connectivity index (χ3v) is 7.53. The minimum Gasteiger partial charge on any atom is -0.438 e. The predicted molar refractivity (Wildman–Crippen MR) is 125 cm³/mol. The average Bonchev–Trinajstić information content (AvgIpc) is 3.23. The fourth-order valence-corrected chi connectivity index (χ4v) is 5.38. The van der Waals surface area contributed by atoms with E-state index >= 15 is 0 Å². The van der Waals surface area contributed by atoms with E-state index in [0.29, 0.717) is 31.7 Å². The molecule has 9 nitrogen and oxygen atoms in total. The Hall–Kier alpha value is -4.35. The van der Waals surface area contributed by atoms with Crippen molar-refractivity contribution in [3.63, 3.8) is 0 Å². The number of amides is 1. The van der Waals surface area contributed by atoms with Gasteiger partial charge in [-0.2, -0.15) is 31.6 Å². The molecule has 0 saturated heterocycles. The number of nitrogens with zero attached hydrogens (tertiary/aromatic N) is 4. The minimum atomic E-state index is -5.65. The maximum Gasteiger partial charge on any atom is 0.490 e. The fourth-order valence-electron chi connectivity index (χ4n) is 5.38. The van der Waals surface area contributed by atoms with Gasteiger partial charge in [0.2, 0.25) is 5.60 Å². The summed E-state index contributed by atoms with van der Waals surface area (Å²) in [4.78, 5) is 32.6. The Kier molecular flexibility index (Phi) is 5.67. The van der Waals surface area contributed by atoms with Gasteiger partial charge in [-0.05, 0) is 44.7 Å². The molecule has 2 heterocycles. The summed E-state index contributed by atoms with van der Waals surface area (Å²) in [6.07, 6.45) is -6.99. The third-order valence-electron chi connectivity index (χ3n) is 7.53. The lowest BCUT2D eigenvalue weighted by atomic mass is 9.40. The van der Waals surface area contributed by atoms with Crippen LogP contribution in [-0.4, -0.2) is 44.1 Å². The minimum absolute atomic E-state index is 0.0763. The van der Waals surface area contributed by atoms with E-state index in [4.69, 9.17) is 5.73 Å². The first-order valence-electron chi connectivity index (χ1n) is 11.8. The zero-order chi connectivity index (χ0) is 29.5. The molecule has 3 fully saturated rings. The normalized spacial score (nSPS) is 23.4. The Morgan fingerprint density at radius 2 is 1.82 bits per heavy atom. The van der Waals surface area contributed by atoms with Crippen LogP contribution in [-0.2, 0) is 15.1 Å². The van der Waals surface area contributed by atoms with Crippen molar-refractivity contribution in [1.82, 2.24) is 19.7 Å². The molecule has 0 spiro atoms. The monoisotopic (exact) mass is 566 g/mol. The Bertz CT molecular complexity index is 1600. The lowest BCUT2D eigenvalue weighted by Crippen LogP contribution is -2.74. The molecule has 210 valence electrons. The van der Waals surface area contributed by atoms with Gasteiger partial charge in [-0.3, -0.25) is 9.20 Å². The van der Waals surface area contributed by atoms with Crippen molar-refractivity contribution in [2.24, 2.45) is 5.41 Å². The smallest absolute Gasteiger partial charge is 0.438 e. The number of anilines is 1. The molecule has 1 aromatic carbocycles. The summed E-state index contributed by atoms with van der Waals surface area (Å²) >= 11 is 0. The van der Waals surface area contributed by atoms with Crippen LogP contribution in [0.2, 0.25) is 0 Å². The van der Waals surface area contributed by atoms with Gasteiger partial charge in [0.1, 0.15) is 5.69 Å². The Labute approximate surface area is 221 Å². The van der Waals surface area contributed by atoms with Crippen molar-refractivity contribution in [3.8, 4) is 17.3 Å². The lowest BCUT2D eigenvalue weighted by Gasteiger charge is -2.66. The molecule has 1 amide bonds. The highest BCUT2D eigenvalue weighted by Gasteiger charge is 2.69. The van der Waals surface area contributed by atoms with Gasteiger partial charge < -0.3 is 15.8 Å². The van der Waals surface area contributed by atoms with Gasteiger partial charge in [-0.1, -0.05) is 12.1 Å². The Morgan fingerprint density at radius 1 is 1.18 bits per heavy atom. The number of nitrogens with one attached hydrogen (secondary N) is 1. The van der Waals surface area contributed by atoms with E-state index in [9.17, 15) is 41.2 Å². The number of hydrogen-bond donors (Lipinski definition) is 2. The van der Waals surface area contributed by atoms with Crippen LogP contribution < -0.4 is 11.1 Å². The number of hydrogen-bond acceptors (Lipinski definition) is 7. The largest absolute Gasteiger partial charge is 0.490 e. The van der Waals surface area contributed by atoms with E-state index in [0.717, 1.165) is 12.1 Å². The second-order valence-corrected chi connectivity index (χ2v) is 10.5. The number of alkyl halides is 6. The molecule has 3 N–H and O–H groups in total. The second kappa shape index (κ2) is 8.33. The number of carbonyl (C=O) groups is 2. The number of nitrogen functional groups attached to an aromatic ring is 1. The lowest BCUT2D eigenvalue weighted by molar-refractivity contribution is -0.285. The fraction of sp³-hybridized carbons (Fsp3) is 0.400. The van der Waals surface area contributed by atoms with Gasteiger partial charge in [0.05, 0.1) is 23.4 Å². The number of rotatable bonds is 5. The summed E-state index contributed by atoms with van der Waals surface area (Å²) < 4.78 is 85.9. The van der Waals surface area contributed by atoms with Crippen LogP contribution in [0.25, 0.3) is 16.9 Å². The van der Waals surface area contributed by atoms with Gasteiger partial charge >= 0.3 is 18.3 Å². The van der Waals surface area contributed by atoms with Crippen molar-refractivity contribution in [2.75, 3.05) is 5.73 Å². The maximum absolute atomic E-state index is 14.0. The molecule has 1 atom stereocenters. The summed E-state index contributed by atoms with van der Waals surface area (Å²) in [5.41, 5.74) is 1.28. The quantitative estimate of drug-likeness (QED) is 0.346. The second-order valence-electron chi connectivity index (χ2n) is 10.5. The Morgan fingerprint density at radius 3 is 2.40 bits per heavy atom. The predicted octanol–water partition coefficient (Wildman–Crippen LogP) is 4.35. The first-order valence-corrected chi connectivity index (χ1v) is 11.8. The number of ether oxygens (including phenoxy) is 1. The Balaban J connectivity index is 1.54. The first kappa shape index (κ1) is 27.2. The topological polar surface area (TPSA) is 135 Å². The van der Waals surface area contributed by atoms with Crippen LogP contribution in [0.15, 0.2) is 30.6 Å². The maximum atomic E-state index is 14.0. The zero-order valence-electron chi connectivity index (χ0n) is 20.9. The van der Waals surface area contributed by atoms with Crippen LogP contribution >= 0.6 is 0 Å². The molecule has 3 aliphatic carbocycles. The van der Waals surface area contributed by atoms with Crippen molar-refractivity contribution in [2.45, 2.75) is 56.6 Å². The van der Waals surface area contributed by atoms with E-state index in [1.807, 2.05) is 0 Å². The molecular weight excluding hydrogens is 546 g/mol. The number of fused-ring (bicyclic) bond motifs is 1. The van der Waals surface area contributed by atoms with E-state index < -0.39 is 46.3 Å². The highest BCUT2D eigenvalue weighted by Crippen LogP contribution is 2.66. The molecule has 15 heteroatoms. The number of nitrogens with two attached hydrogens (primary N) is 1. The van der Waals surface area contributed by atoms with Crippen molar-refractivity contribution >= 4 is 23.3 Å². The first-order chi connectivity index (χ1) is 18.4. The molecule has 3 aliphatic rings. The van der Waals surface area contributed by atoms with Crippen LogP contribution in [0.3, 0.4) is 0 Å². The number of nitriles is 1. The summed E-state index contributed by atoms with van der Waals surface area (Å²) in [7, 11) is 0. The average molecular weight is 566 g/mol. The van der Waals surface area contributed by atoms with E-state index in [1.54, 1.807) is 0 Å². The molecule has 2 aromatic heterocycles. The number of imidazole rings is 1. The number of halogens is 6. The van der Waals surface area contributed by atoms with Gasteiger partial charge in [-0.25, -0.2) is 14.8 Å². The zero-order valence-corrected chi connectivity index (χ0v) is 20.9. The van der Waals surface area contributed by atoms with E-state index in [2.05, 4.69) is 26.1 Å². The standard InChI is InChI=1S/C25H20F6N6O3/c1-12-3-4-13(21(2,25(29,30)31)40-20(39)24(26,27)28)5-14(12)16-6-34-18-17(33)35-15(7-37(16)18)19(38)36-23-8-22(9-23,10-23)11-32/h3-7H,8-10H2,1-2H3,(H2,33,35)(H,36,38). The highest BCUT2D eigenvalue weighted by molar-refractivity contribution is 5.94. The summed E-state index contributed by atoms with van der Waals surface area (Å²) in [6, 6.07) is 5.30. The van der Waals surface area contributed by atoms with Gasteiger partial charge in [0.15, 0.2) is 11.5 Å². The van der Waals surface area contributed by atoms with E-state index in [-0.39, 0.29) is 28.4 Å². The summed E-state index contributed by atoms with van der Waals surface area (Å²) in [6.45, 7) is 1.86. The molecule has 2 bridgehead atoms. The number of carbonyl (C=O) groups excluding carboxylic acids is 2. The van der Waals surface area contributed by atoms with Crippen LogP contribution in [0.5, 0.6) is 0 Å². The van der Waals surface area contributed by atoms with Crippen LogP contribution in [0, 0.1) is 23.7 Å². The van der Waals surface area contributed by atoms with Gasteiger partial charge in [0.25, 0.3) is 5.91 Å². The van der Waals surface area contributed by atoms with Crippen molar-refractivity contribution in [3.05, 3.63) is 47.4 Å².